The number of aryl methyl sites for hydroxylation is 1. The lowest BCUT2D eigenvalue weighted by Crippen LogP contribution is -2.43. The Morgan fingerprint density at radius 3 is 2.40 bits per heavy atom. The minimum Gasteiger partial charge on any atom is -0.341 e. The van der Waals surface area contributed by atoms with Gasteiger partial charge < -0.3 is 4.90 Å². The molecule has 2 aromatic rings. The van der Waals surface area contributed by atoms with Crippen LogP contribution in [0, 0.1) is 18.3 Å². The van der Waals surface area contributed by atoms with Crippen LogP contribution in [0.25, 0.3) is 12.2 Å². The fourth-order valence-electron chi connectivity index (χ4n) is 3.27. The normalized spacial score (nSPS) is 17.0. The van der Waals surface area contributed by atoms with Crippen LogP contribution in [0.4, 0.5) is 0 Å². The summed E-state index contributed by atoms with van der Waals surface area (Å²) < 4.78 is 2.56. The minimum absolute atomic E-state index is 0.0235. The van der Waals surface area contributed by atoms with E-state index in [4.69, 9.17) is 0 Å². The zero-order valence-corrected chi connectivity index (χ0v) is 20.0. The standard InChI is InChI=1S/C23H30N2O3S2/c1-15-8-10-24(11-9-15)20(27)14-25-21(13-19(26)23(3,4)5)30-18(22(25)28)12-17-7-6-16(2)29-17/h6-7,12-13,15H,8-11,14H2,1-5H3. The highest BCUT2D eigenvalue weighted by molar-refractivity contribution is 7.13. The van der Waals surface area contributed by atoms with Crippen molar-refractivity contribution in [2.24, 2.45) is 11.3 Å². The van der Waals surface area contributed by atoms with Crippen molar-refractivity contribution in [3.05, 3.63) is 41.4 Å². The molecule has 0 saturated carbocycles. The maximum absolute atomic E-state index is 13.1. The molecule has 0 atom stereocenters. The van der Waals surface area contributed by atoms with Crippen molar-refractivity contribution in [2.75, 3.05) is 13.1 Å². The number of amides is 1. The number of thiophene rings is 1. The third-order valence-corrected chi connectivity index (χ3v) is 7.40. The van der Waals surface area contributed by atoms with Crippen LogP contribution in [0.1, 0.15) is 50.3 Å². The predicted octanol–water partition coefficient (Wildman–Crippen LogP) is 2.76. The number of nitrogens with zero attached hydrogens (tertiary/aromatic N) is 2. The first-order valence-electron chi connectivity index (χ1n) is 10.4. The van der Waals surface area contributed by atoms with E-state index in [0.29, 0.717) is 15.1 Å². The van der Waals surface area contributed by atoms with Gasteiger partial charge in [0.15, 0.2) is 5.78 Å². The van der Waals surface area contributed by atoms with Gasteiger partial charge in [0.1, 0.15) is 11.2 Å². The van der Waals surface area contributed by atoms with Crippen molar-refractivity contribution in [3.63, 3.8) is 0 Å². The van der Waals surface area contributed by atoms with Gasteiger partial charge in [0.2, 0.25) is 5.91 Å². The number of rotatable bonds is 4. The number of hydrogen-bond donors (Lipinski definition) is 0. The van der Waals surface area contributed by atoms with E-state index in [-0.39, 0.29) is 23.8 Å². The van der Waals surface area contributed by atoms with Gasteiger partial charge in [-0.25, -0.2) is 0 Å². The zero-order chi connectivity index (χ0) is 22.1. The first-order chi connectivity index (χ1) is 14.0. The zero-order valence-electron chi connectivity index (χ0n) is 18.4. The van der Waals surface area contributed by atoms with Crippen LogP contribution in [-0.2, 0) is 16.1 Å². The van der Waals surface area contributed by atoms with Crippen LogP contribution in [0.5, 0.6) is 0 Å². The molecule has 1 aliphatic heterocycles. The Hall–Kier alpha value is -1.99. The van der Waals surface area contributed by atoms with Gasteiger partial charge in [-0.05, 0) is 43.9 Å². The van der Waals surface area contributed by atoms with Gasteiger partial charge in [-0.3, -0.25) is 19.0 Å². The molecule has 1 saturated heterocycles. The maximum atomic E-state index is 13.1. The average molecular weight is 447 g/mol. The number of hydrogen-bond acceptors (Lipinski definition) is 5. The summed E-state index contributed by atoms with van der Waals surface area (Å²) in [7, 11) is 0. The molecule has 30 heavy (non-hydrogen) atoms. The highest BCUT2D eigenvalue weighted by atomic mass is 32.1. The second-order valence-corrected chi connectivity index (χ2v) is 11.5. The minimum atomic E-state index is -0.549. The summed E-state index contributed by atoms with van der Waals surface area (Å²) in [5.74, 6) is 0.509. The molecule has 7 heteroatoms. The molecule has 0 unspecified atom stereocenters. The molecule has 162 valence electrons. The summed E-state index contributed by atoms with van der Waals surface area (Å²) in [4.78, 5) is 42.7. The van der Waals surface area contributed by atoms with E-state index in [1.54, 1.807) is 11.3 Å². The van der Waals surface area contributed by atoms with Crippen molar-refractivity contribution < 1.29 is 9.59 Å². The van der Waals surface area contributed by atoms with E-state index < -0.39 is 5.41 Å². The van der Waals surface area contributed by atoms with E-state index in [9.17, 15) is 14.4 Å². The Labute approximate surface area is 185 Å². The monoisotopic (exact) mass is 446 g/mol. The summed E-state index contributed by atoms with van der Waals surface area (Å²) in [6.07, 6.45) is 5.35. The average Bonchev–Trinajstić information content (AvgIpc) is 3.20. The largest absolute Gasteiger partial charge is 0.341 e. The van der Waals surface area contributed by atoms with Gasteiger partial charge >= 0.3 is 0 Å². The Kier molecular flexibility index (Phi) is 6.82. The highest BCUT2D eigenvalue weighted by Gasteiger charge is 2.23. The molecular weight excluding hydrogens is 416 g/mol. The molecule has 0 spiro atoms. The van der Waals surface area contributed by atoms with Gasteiger partial charge in [-0.1, -0.05) is 27.7 Å². The number of thiazole rings is 1. The number of likely N-dealkylation sites (tertiary alicyclic amines) is 1. The molecule has 5 nitrogen and oxygen atoms in total. The summed E-state index contributed by atoms with van der Waals surface area (Å²) in [5.41, 5.74) is -0.759. The second-order valence-electron chi connectivity index (χ2n) is 9.11. The Morgan fingerprint density at radius 1 is 1.17 bits per heavy atom. The SMILES string of the molecule is Cc1ccc(C=c2sc(=CC(=O)C(C)(C)C)n(CC(=O)N3CCC(C)CC3)c2=O)s1. The molecule has 0 radical (unpaired) electrons. The molecule has 0 N–H and O–H groups in total. The van der Waals surface area contributed by atoms with Crippen molar-refractivity contribution in [2.45, 2.75) is 54.0 Å². The van der Waals surface area contributed by atoms with Gasteiger partial charge in [-0.15, -0.1) is 22.7 Å². The van der Waals surface area contributed by atoms with E-state index in [1.807, 2.05) is 50.8 Å². The molecule has 1 aliphatic rings. The smallest absolute Gasteiger partial charge is 0.269 e. The number of carbonyl (C=O) groups is 2. The van der Waals surface area contributed by atoms with Crippen molar-refractivity contribution in [3.8, 4) is 0 Å². The van der Waals surface area contributed by atoms with Gasteiger partial charge in [0, 0.05) is 34.3 Å². The van der Waals surface area contributed by atoms with E-state index >= 15 is 0 Å². The maximum Gasteiger partial charge on any atom is 0.269 e. The molecule has 3 rings (SSSR count). The van der Waals surface area contributed by atoms with Crippen LogP contribution in [0.3, 0.4) is 0 Å². The third-order valence-electron chi connectivity index (χ3n) is 5.39. The van der Waals surface area contributed by atoms with Crippen LogP contribution >= 0.6 is 22.7 Å². The number of carbonyl (C=O) groups excluding carboxylic acids is 2. The first kappa shape index (κ1) is 22.7. The molecule has 0 bridgehead atoms. The topological polar surface area (TPSA) is 59.4 Å². The predicted molar refractivity (Wildman–Crippen MR) is 124 cm³/mol. The second kappa shape index (κ2) is 9.02. The van der Waals surface area contributed by atoms with Crippen LogP contribution in [0.15, 0.2) is 16.9 Å². The fraction of sp³-hybridized carbons (Fsp3) is 0.522. The summed E-state index contributed by atoms with van der Waals surface area (Å²) in [6, 6.07) is 3.99. The van der Waals surface area contributed by atoms with E-state index in [0.717, 1.165) is 30.8 Å². The molecule has 1 amide bonds. The van der Waals surface area contributed by atoms with E-state index in [2.05, 4.69) is 6.92 Å². The van der Waals surface area contributed by atoms with Gasteiger partial charge in [0.05, 0.1) is 4.53 Å². The first-order valence-corrected chi connectivity index (χ1v) is 12.0. The Balaban J connectivity index is 2.02. The number of ketones is 1. The third kappa shape index (κ3) is 5.38. The molecular formula is C23H30N2O3S2. The van der Waals surface area contributed by atoms with Gasteiger partial charge in [0.25, 0.3) is 5.56 Å². The summed E-state index contributed by atoms with van der Waals surface area (Å²) >= 11 is 2.89. The molecule has 0 aromatic carbocycles. The number of Topliss-reactive ketones (excluding diaryl/α,β-unsaturated/α-hetero) is 1. The van der Waals surface area contributed by atoms with Gasteiger partial charge in [-0.2, -0.15) is 0 Å². The van der Waals surface area contributed by atoms with Crippen LogP contribution in [-0.4, -0.2) is 34.2 Å². The van der Waals surface area contributed by atoms with Crippen molar-refractivity contribution >= 4 is 46.5 Å². The molecule has 1 fully saturated rings. The Morgan fingerprint density at radius 2 is 1.83 bits per heavy atom. The van der Waals surface area contributed by atoms with Crippen LogP contribution in [0.2, 0.25) is 0 Å². The highest BCUT2D eigenvalue weighted by Crippen LogP contribution is 2.17. The summed E-state index contributed by atoms with van der Waals surface area (Å²) in [5, 5.41) is 0. The molecule has 0 aliphatic carbocycles. The van der Waals surface area contributed by atoms with Crippen molar-refractivity contribution in [1.82, 2.24) is 9.47 Å². The molecule has 3 heterocycles. The summed E-state index contributed by atoms with van der Waals surface area (Å²) in [6.45, 7) is 11.2. The quantitative estimate of drug-likeness (QED) is 0.726. The lowest BCUT2D eigenvalue weighted by atomic mass is 9.91. The van der Waals surface area contributed by atoms with Crippen LogP contribution < -0.4 is 14.8 Å². The number of piperidine rings is 1. The van der Waals surface area contributed by atoms with Crippen molar-refractivity contribution in [1.29, 1.82) is 0 Å². The lowest BCUT2D eigenvalue weighted by Gasteiger charge is -2.30. The Bertz CT molecular complexity index is 1110. The fourth-order valence-corrected chi connectivity index (χ4v) is 5.20. The van der Waals surface area contributed by atoms with E-state index in [1.165, 1.54) is 26.9 Å². The lowest BCUT2D eigenvalue weighted by molar-refractivity contribution is -0.133. The molecule has 2 aromatic heterocycles. The number of aromatic nitrogens is 1.